The van der Waals surface area contributed by atoms with Gasteiger partial charge in [-0.15, -0.1) is 0 Å². The first-order chi connectivity index (χ1) is 8.13. The van der Waals surface area contributed by atoms with E-state index in [9.17, 15) is 4.79 Å². The molecule has 0 radical (unpaired) electrons. The van der Waals surface area contributed by atoms with E-state index < -0.39 is 0 Å². The van der Waals surface area contributed by atoms with Crippen LogP contribution < -0.4 is 10.6 Å². The first kappa shape index (κ1) is 13.7. The number of carbonyl (C=O) groups excluding carboxylic acids is 1. The molecule has 2 N–H and O–H groups in total. The van der Waals surface area contributed by atoms with Gasteiger partial charge in [0.2, 0.25) is 5.91 Å². The molecule has 0 fully saturated rings. The first-order valence-electron chi connectivity index (χ1n) is 6.09. The number of hydrogen-bond acceptors (Lipinski definition) is 3. The second kappa shape index (κ2) is 7.06. The van der Waals surface area contributed by atoms with Gasteiger partial charge >= 0.3 is 0 Å². The van der Waals surface area contributed by atoms with Crippen molar-refractivity contribution in [1.82, 2.24) is 20.4 Å². The molecule has 1 unspecified atom stereocenters. The number of hydrogen-bond donors (Lipinski definition) is 2. The number of nitrogens with zero attached hydrogens (tertiary/aromatic N) is 2. The second-order valence-electron chi connectivity index (χ2n) is 4.27. The van der Waals surface area contributed by atoms with Crippen LogP contribution >= 0.6 is 0 Å². The standard InChI is InChI=1S/C12H22N4O/c1-4-13-7-10(2)12(17)14-6-5-11-8-15-16(3)9-11/h8-10,13H,4-7H2,1-3H3,(H,14,17). The van der Waals surface area contributed by atoms with Gasteiger partial charge < -0.3 is 10.6 Å². The van der Waals surface area contributed by atoms with Crippen molar-refractivity contribution in [1.29, 1.82) is 0 Å². The van der Waals surface area contributed by atoms with Gasteiger partial charge in [-0.25, -0.2) is 0 Å². The van der Waals surface area contributed by atoms with Gasteiger partial charge in [0.25, 0.3) is 0 Å². The zero-order valence-corrected chi connectivity index (χ0v) is 10.9. The smallest absolute Gasteiger partial charge is 0.224 e. The molecule has 1 aromatic heterocycles. The molecule has 5 heteroatoms. The summed E-state index contributed by atoms with van der Waals surface area (Å²) in [6, 6.07) is 0. The van der Waals surface area contributed by atoms with Crippen LogP contribution in [0.1, 0.15) is 19.4 Å². The lowest BCUT2D eigenvalue weighted by Gasteiger charge is -2.11. The summed E-state index contributed by atoms with van der Waals surface area (Å²) in [5, 5.41) is 10.2. The fourth-order valence-electron chi connectivity index (χ4n) is 1.56. The molecule has 96 valence electrons. The second-order valence-corrected chi connectivity index (χ2v) is 4.27. The average Bonchev–Trinajstić information content (AvgIpc) is 2.71. The lowest BCUT2D eigenvalue weighted by atomic mass is 10.1. The molecule has 0 aliphatic heterocycles. The summed E-state index contributed by atoms with van der Waals surface area (Å²) in [5.74, 6) is 0.124. The molecule has 1 rings (SSSR count). The van der Waals surface area contributed by atoms with Crippen molar-refractivity contribution in [2.45, 2.75) is 20.3 Å². The lowest BCUT2D eigenvalue weighted by Crippen LogP contribution is -2.36. The Balaban J connectivity index is 2.19. The summed E-state index contributed by atoms with van der Waals surface area (Å²) in [6.45, 7) is 6.26. The molecule has 5 nitrogen and oxygen atoms in total. The van der Waals surface area contributed by atoms with Crippen LogP contribution in [0.15, 0.2) is 12.4 Å². The van der Waals surface area contributed by atoms with Gasteiger partial charge in [0, 0.05) is 32.3 Å². The van der Waals surface area contributed by atoms with E-state index in [1.165, 1.54) is 0 Å². The molecule has 0 spiro atoms. The van der Waals surface area contributed by atoms with Crippen LogP contribution in [-0.2, 0) is 18.3 Å². The lowest BCUT2D eigenvalue weighted by molar-refractivity contribution is -0.124. The number of aryl methyl sites for hydroxylation is 1. The quantitative estimate of drug-likeness (QED) is 0.719. The molecule has 0 aromatic carbocycles. The van der Waals surface area contributed by atoms with Crippen LogP contribution in [-0.4, -0.2) is 35.3 Å². The third-order valence-corrected chi connectivity index (χ3v) is 2.62. The molecular formula is C12H22N4O. The van der Waals surface area contributed by atoms with Crippen molar-refractivity contribution in [2.75, 3.05) is 19.6 Å². The van der Waals surface area contributed by atoms with Crippen LogP contribution in [0.5, 0.6) is 0 Å². The number of nitrogens with one attached hydrogen (secondary N) is 2. The molecule has 1 aromatic rings. The van der Waals surface area contributed by atoms with Crippen LogP contribution in [0, 0.1) is 5.92 Å². The summed E-state index contributed by atoms with van der Waals surface area (Å²) in [7, 11) is 1.89. The topological polar surface area (TPSA) is 59.0 Å². The fourth-order valence-corrected chi connectivity index (χ4v) is 1.56. The van der Waals surface area contributed by atoms with Gasteiger partial charge in [0.15, 0.2) is 0 Å². The minimum atomic E-state index is 0.0175. The molecule has 1 amide bonds. The van der Waals surface area contributed by atoms with E-state index in [4.69, 9.17) is 0 Å². The molecule has 0 aliphatic carbocycles. The fraction of sp³-hybridized carbons (Fsp3) is 0.667. The summed E-state index contributed by atoms with van der Waals surface area (Å²) in [4.78, 5) is 11.7. The Morgan fingerprint density at radius 2 is 2.35 bits per heavy atom. The Morgan fingerprint density at radius 3 is 2.94 bits per heavy atom. The largest absolute Gasteiger partial charge is 0.355 e. The van der Waals surface area contributed by atoms with Gasteiger partial charge in [0.1, 0.15) is 0 Å². The summed E-state index contributed by atoms with van der Waals surface area (Å²) >= 11 is 0. The summed E-state index contributed by atoms with van der Waals surface area (Å²) in [5.41, 5.74) is 1.15. The molecular weight excluding hydrogens is 216 g/mol. The van der Waals surface area contributed by atoms with Crippen molar-refractivity contribution < 1.29 is 4.79 Å². The molecule has 1 heterocycles. The SMILES string of the molecule is CCNCC(C)C(=O)NCCc1cnn(C)c1. The molecule has 0 saturated carbocycles. The Labute approximate surface area is 103 Å². The summed E-state index contributed by atoms with van der Waals surface area (Å²) in [6.07, 6.45) is 4.62. The maximum Gasteiger partial charge on any atom is 0.224 e. The third-order valence-electron chi connectivity index (χ3n) is 2.62. The van der Waals surface area contributed by atoms with E-state index in [2.05, 4.69) is 15.7 Å². The van der Waals surface area contributed by atoms with E-state index in [1.807, 2.05) is 33.3 Å². The Hall–Kier alpha value is -1.36. The van der Waals surface area contributed by atoms with Crippen molar-refractivity contribution in [2.24, 2.45) is 13.0 Å². The van der Waals surface area contributed by atoms with Crippen molar-refractivity contribution in [3.8, 4) is 0 Å². The van der Waals surface area contributed by atoms with Gasteiger partial charge in [-0.05, 0) is 18.5 Å². The third kappa shape index (κ3) is 4.99. The molecule has 0 bridgehead atoms. The van der Waals surface area contributed by atoms with Crippen LogP contribution in [0.2, 0.25) is 0 Å². The zero-order chi connectivity index (χ0) is 12.7. The van der Waals surface area contributed by atoms with Gasteiger partial charge in [-0.3, -0.25) is 9.48 Å². The Kier molecular flexibility index (Phi) is 5.69. The predicted octanol–water partition coefficient (Wildman–Crippen LogP) is 0.324. The molecule has 0 saturated heterocycles. The highest BCUT2D eigenvalue weighted by Crippen LogP contribution is 1.97. The molecule has 17 heavy (non-hydrogen) atoms. The number of aromatic nitrogens is 2. The highest BCUT2D eigenvalue weighted by Gasteiger charge is 2.11. The normalized spacial score (nSPS) is 12.4. The van der Waals surface area contributed by atoms with Gasteiger partial charge in [-0.2, -0.15) is 5.10 Å². The molecule has 1 atom stereocenters. The van der Waals surface area contributed by atoms with Crippen LogP contribution in [0.25, 0.3) is 0 Å². The van der Waals surface area contributed by atoms with Gasteiger partial charge in [0.05, 0.1) is 6.20 Å². The maximum absolute atomic E-state index is 11.7. The van der Waals surface area contributed by atoms with E-state index >= 15 is 0 Å². The number of rotatable bonds is 7. The highest BCUT2D eigenvalue weighted by atomic mass is 16.1. The van der Waals surface area contributed by atoms with Crippen molar-refractivity contribution >= 4 is 5.91 Å². The Morgan fingerprint density at radius 1 is 1.59 bits per heavy atom. The van der Waals surface area contributed by atoms with E-state index in [1.54, 1.807) is 4.68 Å². The van der Waals surface area contributed by atoms with Crippen molar-refractivity contribution in [3.63, 3.8) is 0 Å². The van der Waals surface area contributed by atoms with Crippen molar-refractivity contribution in [3.05, 3.63) is 18.0 Å². The van der Waals surface area contributed by atoms with E-state index in [0.717, 1.165) is 25.1 Å². The maximum atomic E-state index is 11.7. The van der Waals surface area contributed by atoms with E-state index in [0.29, 0.717) is 6.54 Å². The van der Waals surface area contributed by atoms with Gasteiger partial charge in [-0.1, -0.05) is 13.8 Å². The number of carbonyl (C=O) groups is 1. The van der Waals surface area contributed by atoms with Crippen LogP contribution in [0.3, 0.4) is 0 Å². The average molecular weight is 238 g/mol. The van der Waals surface area contributed by atoms with Crippen LogP contribution in [0.4, 0.5) is 0 Å². The number of amides is 1. The molecule has 0 aliphatic rings. The first-order valence-corrected chi connectivity index (χ1v) is 6.09. The minimum Gasteiger partial charge on any atom is -0.355 e. The zero-order valence-electron chi connectivity index (χ0n) is 10.9. The minimum absolute atomic E-state index is 0.0175. The van der Waals surface area contributed by atoms with E-state index in [-0.39, 0.29) is 11.8 Å². The highest BCUT2D eigenvalue weighted by molar-refractivity contribution is 5.78. The summed E-state index contributed by atoms with van der Waals surface area (Å²) < 4.78 is 1.77. The monoisotopic (exact) mass is 238 g/mol. The predicted molar refractivity (Wildman–Crippen MR) is 67.6 cm³/mol. The Bertz CT molecular complexity index is 348.